The fraction of sp³-hybridized carbons (Fsp3) is 0.645. The molecule has 26 heteroatoms. The summed E-state index contributed by atoms with van der Waals surface area (Å²) in [5.74, 6) is 6.09. The number of fused-ring (bicyclic) bond motifs is 2. The van der Waals surface area contributed by atoms with E-state index in [0.29, 0.717) is 41.5 Å². The number of amides is 4. The van der Waals surface area contributed by atoms with Crippen molar-refractivity contribution < 1.29 is 70.6 Å². The number of anilines is 1. The van der Waals surface area contributed by atoms with E-state index in [9.17, 15) is 43.0 Å². The van der Waals surface area contributed by atoms with Crippen molar-refractivity contribution >= 4 is 64.5 Å². The number of nitrogens with zero attached hydrogens (tertiary/aromatic N) is 2. The number of rotatable bonds is 20. The van der Waals surface area contributed by atoms with Gasteiger partial charge < -0.3 is 56.4 Å². The Balaban J connectivity index is 0.985. The third kappa shape index (κ3) is 13.5. The smallest absolute Gasteiger partial charge is 0.390 e. The molecule has 0 spiro atoms. The van der Waals surface area contributed by atoms with Crippen LogP contribution in [0.5, 0.6) is 0 Å². The van der Waals surface area contributed by atoms with E-state index in [0.717, 1.165) is 37.9 Å². The number of phosphoric ester groups is 1. The van der Waals surface area contributed by atoms with Gasteiger partial charge >= 0.3 is 29.5 Å². The number of hydrogen-bond acceptors (Lipinski definition) is 15. The van der Waals surface area contributed by atoms with Gasteiger partial charge in [-0.15, -0.1) is 0 Å². The number of unbranched alkanes of at least 4 members (excludes halogenated alkanes) is 3. The molecule has 1 aliphatic carbocycles. The molecule has 0 radical (unpaired) electrons. The minimum absolute atomic E-state index is 0.00368. The maximum absolute atomic E-state index is 12.4. The van der Waals surface area contributed by atoms with Gasteiger partial charge in [0.15, 0.2) is 0 Å². The summed E-state index contributed by atoms with van der Waals surface area (Å²) in [6.07, 6.45) is 5.17. The van der Waals surface area contributed by atoms with Gasteiger partial charge in [0.2, 0.25) is 11.8 Å². The lowest BCUT2D eigenvalue weighted by molar-refractivity contribution is -0.122. The normalized spacial score (nSPS) is 27.1. The van der Waals surface area contributed by atoms with Gasteiger partial charge in [-0.05, 0) is 25.7 Å². The summed E-state index contributed by atoms with van der Waals surface area (Å²) in [6.45, 7) is -0.263. The van der Waals surface area contributed by atoms with E-state index in [1.807, 2.05) is 11.8 Å². The molecule has 0 aromatic carbocycles. The van der Waals surface area contributed by atoms with Gasteiger partial charge in [0, 0.05) is 48.3 Å². The second kappa shape index (κ2) is 19.9. The largest absolute Gasteiger partial charge is 0.490 e. The first-order valence-electron chi connectivity index (χ1n) is 18.0. The Morgan fingerprint density at radius 1 is 1.00 bits per heavy atom. The summed E-state index contributed by atoms with van der Waals surface area (Å²) in [6, 6.07) is 0.264. The van der Waals surface area contributed by atoms with Crippen LogP contribution in [0.25, 0.3) is 5.57 Å². The molecule has 1 aromatic rings. The summed E-state index contributed by atoms with van der Waals surface area (Å²) < 4.78 is 52.4. The zero-order valence-electron chi connectivity index (χ0n) is 30.4. The Morgan fingerprint density at radius 2 is 1.74 bits per heavy atom. The maximum atomic E-state index is 12.4. The van der Waals surface area contributed by atoms with Crippen molar-refractivity contribution in [2.24, 2.45) is 0 Å². The highest BCUT2D eigenvalue weighted by Gasteiger charge is 2.45. The molecular weight excluding hydrogens is 835 g/mol. The molecule has 4 unspecified atom stereocenters. The van der Waals surface area contributed by atoms with Crippen molar-refractivity contribution in [2.75, 3.05) is 31.2 Å². The molecule has 9 atom stereocenters. The monoisotopic (exact) mass is 881 g/mol. The number of aliphatic hydroxyl groups is 1. The summed E-state index contributed by atoms with van der Waals surface area (Å²) >= 11 is 1.86. The molecule has 3 fully saturated rings. The van der Waals surface area contributed by atoms with Crippen molar-refractivity contribution in [1.29, 1.82) is 0 Å². The molecule has 0 bridgehead atoms. The van der Waals surface area contributed by atoms with Crippen LogP contribution in [0.15, 0.2) is 12.4 Å². The zero-order valence-corrected chi connectivity index (χ0v) is 33.9. The minimum atomic E-state index is -5.72. The Morgan fingerprint density at radius 3 is 2.49 bits per heavy atom. The number of hydrogen-bond donors (Lipinski definition) is 10. The second-order valence-corrected chi connectivity index (χ2v) is 19.3. The molecule has 4 heterocycles. The van der Waals surface area contributed by atoms with Gasteiger partial charge in [0.05, 0.1) is 48.7 Å². The van der Waals surface area contributed by atoms with Crippen molar-refractivity contribution in [3.8, 4) is 11.8 Å². The number of aromatic nitrogens is 2. The van der Waals surface area contributed by atoms with Crippen LogP contribution >= 0.6 is 35.2 Å². The quantitative estimate of drug-likeness (QED) is 0.0377. The van der Waals surface area contributed by atoms with Crippen LogP contribution < -0.4 is 27.0 Å². The van der Waals surface area contributed by atoms with E-state index >= 15 is 0 Å². The molecule has 5 rings (SSSR count). The predicted octanol–water partition coefficient (Wildman–Crippen LogP) is 0.923. The molecule has 3 aliphatic heterocycles. The Kier molecular flexibility index (Phi) is 15.8. The molecule has 316 valence electrons. The van der Waals surface area contributed by atoms with Gasteiger partial charge in [-0.2, -0.15) is 20.4 Å². The van der Waals surface area contributed by atoms with E-state index < -0.39 is 54.3 Å². The highest BCUT2D eigenvalue weighted by Crippen LogP contribution is 2.66. The average Bonchev–Trinajstić information content (AvgIpc) is 3.87. The van der Waals surface area contributed by atoms with Gasteiger partial charge in [-0.3, -0.25) is 14.1 Å². The van der Waals surface area contributed by atoms with Crippen molar-refractivity contribution in [2.45, 2.75) is 99.4 Å². The number of carbonyl (C=O) groups is 3. The standard InChI is InChI=1S/C31H46N7O15P3S/c32-30-27-18(7-6-12-34-25(40)9-2-1-5-11-33-26(41)10-4-3-8-24-29-20(16-57-24)37-31(42)38-29)13-19(28(27)35-17-36-30)22-14-21(39)23(51-22)15-50-55(46,47)53-56(48,49)52-54(43,44)45/h13,17,19-24,29,39H,1-5,8-12,14-16H2,(H,33,41)(H,34,40)(H,46,47)(H,48,49)(H2,32,35,36)(H2,37,38,42)(H2,43,44,45)/t19?,20-,21-,22?,23+,24-,29-/m0/s1. The molecule has 11 N–H and O–H groups in total. The molecule has 57 heavy (non-hydrogen) atoms. The van der Waals surface area contributed by atoms with Crippen molar-refractivity contribution in [3.63, 3.8) is 0 Å². The topological polar surface area (TPSA) is 340 Å². The Hall–Kier alpha value is -2.93. The van der Waals surface area contributed by atoms with Gasteiger partial charge in [0.25, 0.3) is 0 Å². The van der Waals surface area contributed by atoms with Crippen molar-refractivity contribution in [3.05, 3.63) is 23.7 Å². The van der Waals surface area contributed by atoms with Crippen LogP contribution in [0.3, 0.4) is 0 Å². The number of allylic oxidation sites excluding steroid dienone is 1. The SMILES string of the molecule is Nc1ncnc2c1C(C#CCNC(=O)CCCCCNC(=O)CCCC[C@@H]1SC[C@@H]3NC(=O)N[C@@H]31)=CC2C1C[C@H](O)[C@@H](COP(=O)(O)OP(=O)(O)OP(=O)(O)O)O1. The van der Waals surface area contributed by atoms with Crippen molar-refractivity contribution in [1.82, 2.24) is 31.2 Å². The molecule has 1 aromatic heterocycles. The molecule has 4 amide bonds. The summed E-state index contributed by atoms with van der Waals surface area (Å²) in [7, 11) is -16.7. The number of nitrogens with two attached hydrogens (primary N) is 1. The number of nitrogens with one attached hydrogen (secondary N) is 4. The lowest BCUT2D eigenvalue weighted by Gasteiger charge is -2.20. The molecule has 3 saturated heterocycles. The van der Waals surface area contributed by atoms with E-state index in [4.69, 9.17) is 20.3 Å². The molecule has 22 nitrogen and oxygen atoms in total. The fourth-order valence-electron chi connectivity index (χ4n) is 6.83. The van der Waals surface area contributed by atoms with Crippen LogP contribution in [-0.4, -0.2) is 114 Å². The summed E-state index contributed by atoms with van der Waals surface area (Å²) in [5, 5.41) is 22.5. The third-order valence-corrected chi connectivity index (χ3v) is 14.7. The molecule has 0 saturated carbocycles. The highest BCUT2D eigenvalue weighted by molar-refractivity contribution is 8.00. The second-order valence-electron chi connectivity index (χ2n) is 13.6. The van der Waals surface area contributed by atoms with E-state index in [1.165, 1.54) is 6.33 Å². The molecular formula is C31H46N7O15P3S. The zero-order chi connectivity index (χ0) is 41.4. The van der Waals surface area contributed by atoms with E-state index in [1.54, 1.807) is 6.08 Å². The first kappa shape index (κ1) is 45.2. The number of urea groups is 1. The summed E-state index contributed by atoms with van der Waals surface area (Å²) in [5.41, 5.74) is 7.45. The van der Waals surface area contributed by atoms with Gasteiger partial charge in [-0.1, -0.05) is 30.8 Å². The maximum Gasteiger partial charge on any atom is 0.490 e. The first-order chi connectivity index (χ1) is 26.9. The van der Waals surface area contributed by atoms with Gasteiger partial charge in [-0.25, -0.2) is 28.5 Å². The Bertz CT molecular complexity index is 1890. The minimum Gasteiger partial charge on any atom is -0.390 e. The van der Waals surface area contributed by atoms with Crippen LogP contribution in [0.1, 0.15) is 75.0 Å². The number of phosphoric acid groups is 3. The number of aliphatic hydroxyl groups excluding tert-OH is 1. The Labute approximate surface area is 331 Å². The lowest BCUT2D eigenvalue weighted by atomic mass is 9.97. The first-order valence-corrected chi connectivity index (χ1v) is 23.6. The fourth-order valence-corrected chi connectivity index (χ4v) is 11.4. The lowest BCUT2D eigenvalue weighted by Crippen LogP contribution is -2.36. The van der Waals surface area contributed by atoms with E-state index in [-0.39, 0.29) is 55.1 Å². The summed E-state index contributed by atoms with van der Waals surface area (Å²) in [4.78, 5) is 80.9. The number of carbonyl (C=O) groups excluding carboxylic acids is 3. The number of ether oxygens (including phenoxy) is 1. The van der Waals surface area contributed by atoms with Crippen LogP contribution in [0, 0.1) is 11.8 Å². The van der Waals surface area contributed by atoms with Gasteiger partial charge in [0.1, 0.15) is 18.2 Å². The number of nitrogen functional groups attached to an aromatic ring is 1. The van der Waals surface area contributed by atoms with E-state index in [2.05, 4.69) is 56.2 Å². The molecule has 4 aliphatic rings. The van der Waals surface area contributed by atoms with Crippen LogP contribution in [0.4, 0.5) is 10.6 Å². The average molecular weight is 882 g/mol. The predicted molar refractivity (Wildman–Crippen MR) is 202 cm³/mol. The highest BCUT2D eigenvalue weighted by atomic mass is 32.2. The van der Waals surface area contributed by atoms with Crippen LogP contribution in [0.2, 0.25) is 0 Å². The third-order valence-electron chi connectivity index (χ3n) is 9.39. The number of thioether (sulfide) groups is 1. The van der Waals surface area contributed by atoms with Crippen LogP contribution in [-0.2, 0) is 41.2 Å².